The van der Waals surface area contributed by atoms with Crippen molar-refractivity contribution in [3.05, 3.63) is 35.0 Å². The summed E-state index contributed by atoms with van der Waals surface area (Å²) >= 11 is 6.09. The lowest BCUT2D eigenvalue weighted by atomic mass is 9.94. The molecule has 0 atom stereocenters. The van der Waals surface area contributed by atoms with Crippen molar-refractivity contribution in [2.24, 2.45) is 5.92 Å². The molecule has 2 aromatic rings. The monoisotopic (exact) mass is 290 g/mol. The van der Waals surface area contributed by atoms with Gasteiger partial charge in [0.15, 0.2) is 0 Å². The lowest BCUT2D eigenvalue weighted by Gasteiger charge is -2.16. The summed E-state index contributed by atoms with van der Waals surface area (Å²) in [6, 6.07) is 5.77. The predicted molar refractivity (Wildman–Crippen MR) is 82.1 cm³/mol. The average molecular weight is 291 g/mol. The first-order chi connectivity index (χ1) is 9.53. The van der Waals surface area contributed by atoms with Gasteiger partial charge in [-0.25, -0.2) is 0 Å². The van der Waals surface area contributed by atoms with Crippen molar-refractivity contribution >= 4 is 28.4 Å². The fraction of sp³-hybridized carbons (Fsp3) is 0.438. The molecule has 0 unspecified atom stereocenters. The molecule has 20 heavy (non-hydrogen) atoms. The number of aromatic amines is 1. The first kappa shape index (κ1) is 13.5. The van der Waals surface area contributed by atoms with Crippen LogP contribution >= 0.6 is 11.6 Å². The van der Waals surface area contributed by atoms with E-state index in [-0.39, 0.29) is 11.3 Å². The molecule has 1 saturated carbocycles. The molecule has 4 heteroatoms. The van der Waals surface area contributed by atoms with E-state index in [0.717, 1.165) is 35.9 Å². The molecule has 1 amide bonds. The van der Waals surface area contributed by atoms with Gasteiger partial charge in [0, 0.05) is 28.7 Å². The molecule has 106 valence electrons. The number of hydrogen-bond donors (Lipinski definition) is 2. The summed E-state index contributed by atoms with van der Waals surface area (Å²) < 4.78 is 0. The molecule has 3 rings (SSSR count). The van der Waals surface area contributed by atoms with Gasteiger partial charge in [-0.15, -0.1) is 0 Å². The molecule has 0 saturated heterocycles. The molecule has 1 aliphatic rings. The number of carbonyl (C=O) groups excluding carboxylic acids is 1. The molecule has 0 radical (unpaired) electrons. The van der Waals surface area contributed by atoms with Crippen LogP contribution in [0.15, 0.2) is 24.4 Å². The van der Waals surface area contributed by atoms with Crippen molar-refractivity contribution in [1.82, 2.24) is 10.3 Å². The summed E-state index contributed by atoms with van der Waals surface area (Å²) in [7, 11) is 0. The number of hydrogen-bond acceptors (Lipinski definition) is 1. The van der Waals surface area contributed by atoms with Crippen LogP contribution in [-0.2, 0) is 10.2 Å². The third-order valence-electron chi connectivity index (χ3n) is 4.01. The van der Waals surface area contributed by atoms with Crippen molar-refractivity contribution in [2.45, 2.75) is 32.1 Å². The van der Waals surface area contributed by atoms with Crippen LogP contribution in [0, 0.1) is 5.92 Å². The Morgan fingerprint density at radius 3 is 2.85 bits per heavy atom. The van der Waals surface area contributed by atoms with Gasteiger partial charge in [0.25, 0.3) is 0 Å². The van der Waals surface area contributed by atoms with Crippen molar-refractivity contribution in [1.29, 1.82) is 0 Å². The van der Waals surface area contributed by atoms with Crippen LogP contribution in [0.2, 0.25) is 5.02 Å². The lowest BCUT2D eigenvalue weighted by Crippen LogP contribution is -2.36. The summed E-state index contributed by atoms with van der Waals surface area (Å²) in [4.78, 5) is 15.7. The van der Waals surface area contributed by atoms with Gasteiger partial charge in [0.1, 0.15) is 0 Å². The van der Waals surface area contributed by atoms with E-state index >= 15 is 0 Å². The summed E-state index contributed by atoms with van der Waals surface area (Å²) in [5.41, 5.74) is 1.77. The van der Waals surface area contributed by atoms with E-state index in [9.17, 15) is 4.79 Å². The number of carbonyl (C=O) groups is 1. The predicted octanol–water partition coefficient (Wildman–Crippen LogP) is 3.63. The van der Waals surface area contributed by atoms with E-state index in [4.69, 9.17) is 11.6 Å². The minimum atomic E-state index is -0.349. The van der Waals surface area contributed by atoms with Crippen LogP contribution in [0.1, 0.15) is 32.3 Å². The first-order valence-electron chi connectivity index (χ1n) is 7.08. The van der Waals surface area contributed by atoms with Gasteiger partial charge in [-0.3, -0.25) is 4.79 Å². The topological polar surface area (TPSA) is 44.9 Å². The fourth-order valence-electron chi connectivity index (χ4n) is 2.70. The Hall–Kier alpha value is -1.48. The summed E-state index contributed by atoms with van der Waals surface area (Å²) in [5.74, 6) is 0.610. The van der Waals surface area contributed by atoms with Gasteiger partial charge >= 0.3 is 0 Å². The third-order valence-corrected chi connectivity index (χ3v) is 4.25. The molecule has 1 aromatic carbocycles. The normalized spacial score (nSPS) is 16.6. The highest BCUT2D eigenvalue weighted by molar-refractivity contribution is 6.31. The second-order valence-corrected chi connectivity index (χ2v) is 6.51. The van der Waals surface area contributed by atoms with E-state index < -0.39 is 0 Å². The maximum Gasteiger partial charge on any atom is 0.230 e. The van der Waals surface area contributed by atoms with Crippen LogP contribution in [-0.4, -0.2) is 17.4 Å². The van der Waals surface area contributed by atoms with Gasteiger partial charge in [-0.1, -0.05) is 25.4 Å². The minimum Gasteiger partial charge on any atom is -0.361 e. The number of halogens is 1. The number of fused-ring (bicyclic) bond motifs is 1. The Morgan fingerprint density at radius 2 is 2.20 bits per heavy atom. The largest absolute Gasteiger partial charge is 0.361 e. The zero-order valence-electron chi connectivity index (χ0n) is 11.8. The van der Waals surface area contributed by atoms with Crippen molar-refractivity contribution in [3.63, 3.8) is 0 Å². The number of rotatable bonds is 4. The number of benzene rings is 1. The average Bonchev–Trinajstić information content (AvgIpc) is 3.11. The highest BCUT2D eigenvalue weighted by atomic mass is 35.5. The van der Waals surface area contributed by atoms with Gasteiger partial charge in [0.05, 0.1) is 5.41 Å². The van der Waals surface area contributed by atoms with Crippen molar-refractivity contribution in [2.75, 3.05) is 6.54 Å². The summed E-state index contributed by atoms with van der Waals surface area (Å²) in [6.07, 6.45) is 3.79. The molecule has 1 aliphatic carbocycles. The quantitative estimate of drug-likeness (QED) is 0.887. The zero-order chi connectivity index (χ0) is 14.3. The van der Waals surface area contributed by atoms with Crippen LogP contribution in [0.25, 0.3) is 10.9 Å². The van der Waals surface area contributed by atoms with Gasteiger partial charge in [-0.2, -0.15) is 0 Å². The molecule has 1 heterocycles. The van der Waals surface area contributed by atoms with Crippen LogP contribution in [0.4, 0.5) is 0 Å². The number of H-pyrrole nitrogens is 1. The van der Waals surface area contributed by atoms with Gasteiger partial charge in [-0.05, 0) is 42.5 Å². The Bertz CT molecular complexity index is 656. The minimum absolute atomic E-state index is 0.145. The summed E-state index contributed by atoms with van der Waals surface area (Å²) in [6.45, 7) is 4.93. The fourth-order valence-corrected chi connectivity index (χ4v) is 2.87. The Balaban J connectivity index is 1.94. The smallest absolute Gasteiger partial charge is 0.230 e. The molecular formula is C16H19ClN2O. The van der Waals surface area contributed by atoms with Crippen LogP contribution < -0.4 is 5.32 Å². The number of amides is 1. The van der Waals surface area contributed by atoms with E-state index in [1.807, 2.05) is 24.4 Å². The molecule has 1 aromatic heterocycles. The van der Waals surface area contributed by atoms with Gasteiger partial charge < -0.3 is 10.3 Å². The third kappa shape index (κ3) is 2.20. The lowest BCUT2D eigenvalue weighted by molar-refractivity contribution is -0.123. The van der Waals surface area contributed by atoms with Crippen molar-refractivity contribution in [3.8, 4) is 0 Å². The molecule has 0 aliphatic heterocycles. The second kappa shape index (κ2) is 4.81. The highest BCUT2D eigenvalue weighted by Crippen LogP contribution is 2.50. The molecule has 1 fully saturated rings. The molecule has 2 N–H and O–H groups in total. The van der Waals surface area contributed by atoms with Gasteiger partial charge in [0.2, 0.25) is 5.91 Å². The highest BCUT2D eigenvalue weighted by Gasteiger charge is 2.52. The first-order valence-corrected chi connectivity index (χ1v) is 7.46. The van der Waals surface area contributed by atoms with Crippen molar-refractivity contribution < 1.29 is 4.79 Å². The zero-order valence-corrected chi connectivity index (χ0v) is 12.6. The molecular weight excluding hydrogens is 272 g/mol. The van der Waals surface area contributed by atoms with E-state index in [2.05, 4.69) is 24.1 Å². The number of nitrogens with one attached hydrogen (secondary N) is 2. The van der Waals surface area contributed by atoms with E-state index in [0.29, 0.717) is 10.9 Å². The Morgan fingerprint density at radius 1 is 1.45 bits per heavy atom. The second-order valence-electron chi connectivity index (χ2n) is 6.08. The standard InChI is InChI=1S/C16H19ClN2O/c1-10(2)8-19-15(20)16(5-6-16)13-9-18-14-4-3-11(17)7-12(13)14/h3-4,7,9-10,18H,5-6,8H2,1-2H3,(H,19,20). The Labute approximate surface area is 123 Å². The van der Waals surface area contributed by atoms with Crippen LogP contribution in [0.5, 0.6) is 0 Å². The molecule has 0 bridgehead atoms. The Kier molecular flexibility index (Phi) is 3.25. The summed E-state index contributed by atoms with van der Waals surface area (Å²) in [5, 5.41) is 4.84. The van der Waals surface area contributed by atoms with E-state index in [1.54, 1.807) is 0 Å². The molecule has 3 nitrogen and oxygen atoms in total. The molecule has 0 spiro atoms. The number of aromatic nitrogens is 1. The SMILES string of the molecule is CC(C)CNC(=O)C1(c2c[nH]c3ccc(Cl)cc23)CC1. The maximum absolute atomic E-state index is 12.5. The van der Waals surface area contributed by atoms with Crippen LogP contribution in [0.3, 0.4) is 0 Å². The van der Waals surface area contributed by atoms with E-state index in [1.165, 1.54) is 0 Å². The maximum atomic E-state index is 12.5.